The van der Waals surface area contributed by atoms with Gasteiger partial charge in [-0.3, -0.25) is 4.79 Å². The summed E-state index contributed by atoms with van der Waals surface area (Å²) in [4.78, 5) is 18.5. The molecule has 16 heavy (non-hydrogen) atoms. The summed E-state index contributed by atoms with van der Waals surface area (Å²) in [5, 5.41) is 2.68. The van der Waals surface area contributed by atoms with Crippen molar-refractivity contribution in [2.45, 2.75) is 0 Å². The number of nitrogens with zero attached hydrogens (tertiary/aromatic N) is 1. The third-order valence-corrected chi connectivity index (χ3v) is 2.10. The van der Waals surface area contributed by atoms with Crippen molar-refractivity contribution in [3.63, 3.8) is 0 Å². The van der Waals surface area contributed by atoms with Crippen LogP contribution < -0.4 is 10.1 Å². The Morgan fingerprint density at radius 1 is 1.44 bits per heavy atom. The molecule has 0 atom stereocenters. The van der Waals surface area contributed by atoms with Gasteiger partial charge in [0.25, 0.3) is 5.91 Å². The number of nitrogens with one attached hydrogen (secondary N) is 2. The Bertz CT molecular complexity index is 480. The summed E-state index contributed by atoms with van der Waals surface area (Å²) in [6.45, 7) is 0. The van der Waals surface area contributed by atoms with E-state index in [0.29, 0.717) is 17.1 Å². The zero-order valence-electron chi connectivity index (χ0n) is 8.73. The largest absolute Gasteiger partial charge is 0.496 e. The number of hydrogen-bond donors (Lipinski definition) is 2. The molecule has 0 aliphatic carbocycles. The molecule has 1 heterocycles. The zero-order valence-corrected chi connectivity index (χ0v) is 8.73. The van der Waals surface area contributed by atoms with Crippen LogP contribution in [0, 0.1) is 0 Å². The smallest absolute Gasteiger partial charge is 0.260 e. The maximum atomic E-state index is 11.9. The molecule has 0 spiro atoms. The summed E-state index contributed by atoms with van der Waals surface area (Å²) in [7, 11) is 1.53. The van der Waals surface area contributed by atoms with E-state index in [0.717, 1.165) is 0 Å². The van der Waals surface area contributed by atoms with Gasteiger partial charge < -0.3 is 15.0 Å². The molecule has 1 amide bonds. The van der Waals surface area contributed by atoms with Gasteiger partial charge in [0.15, 0.2) is 0 Å². The van der Waals surface area contributed by atoms with Crippen molar-refractivity contribution in [2.75, 3.05) is 12.4 Å². The highest BCUT2D eigenvalue weighted by molar-refractivity contribution is 6.05. The normalized spacial score (nSPS) is 9.81. The van der Waals surface area contributed by atoms with E-state index in [1.165, 1.54) is 19.6 Å². The fourth-order valence-electron chi connectivity index (χ4n) is 1.35. The molecule has 5 heteroatoms. The molecular formula is C11H11N3O2. The molecule has 1 aromatic heterocycles. The molecule has 0 saturated carbocycles. The first-order chi connectivity index (χ1) is 7.81. The van der Waals surface area contributed by atoms with Gasteiger partial charge in [-0.1, -0.05) is 12.1 Å². The van der Waals surface area contributed by atoms with Crippen molar-refractivity contribution in [3.8, 4) is 5.75 Å². The fraction of sp³-hybridized carbons (Fsp3) is 0.0909. The van der Waals surface area contributed by atoms with Crippen LogP contribution in [0.25, 0.3) is 0 Å². The number of imidazole rings is 1. The maximum Gasteiger partial charge on any atom is 0.260 e. The van der Waals surface area contributed by atoms with E-state index >= 15 is 0 Å². The molecule has 0 fully saturated rings. The quantitative estimate of drug-likeness (QED) is 0.821. The number of hydrogen-bond acceptors (Lipinski definition) is 3. The molecule has 5 nitrogen and oxygen atoms in total. The molecule has 82 valence electrons. The second kappa shape index (κ2) is 4.48. The number of rotatable bonds is 3. The molecule has 0 radical (unpaired) electrons. The summed E-state index contributed by atoms with van der Waals surface area (Å²) in [5.41, 5.74) is 0.486. The average Bonchev–Trinajstić information content (AvgIpc) is 2.81. The van der Waals surface area contributed by atoms with E-state index in [-0.39, 0.29) is 5.91 Å². The lowest BCUT2D eigenvalue weighted by atomic mass is 10.2. The number of anilines is 1. The topological polar surface area (TPSA) is 67.0 Å². The maximum absolute atomic E-state index is 11.9. The minimum Gasteiger partial charge on any atom is -0.496 e. The third kappa shape index (κ3) is 2.03. The summed E-state index contributed by atoms with van der Waals surface area (Å²) in [6, 6.07) is 7.03. The first-order valence-electron chi connectivity index (χ1n) is 4.74. The minimum absolute atomic E-state index is 0.235. The number of benzene rings is 1. The molecule has 2 rings (SSSR count). The highest BCUT2D eigenvalue weighted by atomic mass is 16.5. The van der Waals surface area contributed by atoms with Crippen LogP contribution in [0.5, 0.6) is 5.75 Å². The molecule has 1 aromatic carbocycles. The number of carbonyl (C=O) groups excluding carboxylic acids is 1. The molecule has 0 saturated heterocycles. The van der Waals surface area contributed by atoms with Crippen molar-refractivity contribution < 1.29 is 9.53 Å². The van der Waals surface area contributed by atoms with E-state index in [9.17, 15) is 4.79 Å². The number of methoxy groups -OCH3 is 1. The van der Waals surface area contributed by atoms with Crippen LogP contribution in [0.2, 0.25) is 0 Å². The number of carbonyl (C=O) groups is 1. The van der Waals surface area contributed by atoms with Crippen LogP contribution in [0.3, 0.4) is 0 Å². The van der Waals surface area contributed by atoms with Gasteiger partial charge in [-0.15, -0.1) is 0 Å². The van der Waals surface area contributed by atoms with Crippen LogP contribution in [0.4, 0.5) is 5.82 Å². The lowest BCUT2D eigenvalue weighted by Gasteiger charge is -2.07. The van der Waals surface area contributed by atoms with E-state index in [2.05, 4.69) is 15.3 Å². The number of ether oxygens (including phenoxy) is 1. The summed E-state index contributed by atoms with van der Waals surface area (Å²) >= 11 is 0. The Morgan fingerprint density at radius 2 is 2.25 bits per heavy atom. The molecule has 0 aliphatic heterocycles. The fourth-order valence-corrected chi connectivity index (χ4v) is 1.35. The summed E-state index contributed by atoms with van der Waals surface area (Å²) in [5.74, 6) is 0.858. The molecular weight excluding hydrogens is 206 g/mol. The van der Waals surface area contributed by atoms with Crippen molar-refractivity contribution in [3.05, 3.63) is 42.4 Å². The van der Waals surface area contributed by atoms with Gasteiger partial charge >= 0.3 is 0 Å². The number of amides is 1. The Kier molecular flexibility index (Phi) is 2.86. The first kappa shape index (κ1) is 10.2. The molecule has 2 aromatic rings. The molecule has 0 aliphatic rings. The Hall–Kier alpha value is -2.30. The van der Waals surface area contributed by atoms with Gasteiger partial charge in [0.1, 0.15) is 11.6 Å². The van der Waals surface area contributed by atoms with E-state index in [1.807, 2.05) is 6.07 Å². The van der Waals surface area contributed by atoms with Gasteiger partial charge in [0.05, 0.1) is 25.2 Å². The van der Waals surface area contributed by atoms with Gasteiger partial charge in [-0.05, 0) is 12.1 Å². The number of para-hydroxylation sites is 1. The summed E-state index contributed by atoms with van der Waals surface area (Å²) in [6.07, 6.45) is 3.03. The van der Waals surface area contributed by atoms with Gasteiger partial charge in [0.2, 0.25) is 0 Å². The second-order valence-electron chi connectivity index (χ2n) is 3.12. The van der Waals surface area contributed by atoms with E-state index < -0.39 is 0 Å². The average molecular weight is 217 g/mol. The predicted octanol–water partition coefficient (Wildman–Crippen LogP) is 1.67. The highest BCUT2D eigenvalue weighted by Gasteiger charge is 2.11. The van der Waals surface area contributed by atoms with Crippen LogP contribution in [0.15, 0.2) is 36.8 Å². The van der Waals surface area contributed by atoms with Gasteiger partial charge in [0, 0.05) is 0 Å². The third-order valence-electron chi connectivity index (χ3n) is 2.10. The Morgan fingerprint density at radius 3 is 2.94 bits per heavy atom. The zero-order chi connectivity index (χ0) is 11.4. The van der Waals surface area contributed by atoms with E-state index in [1.54, 1.807) is 18.2 Å². The van der Waals surface area contributed by atoms with Crippen molar-refractivity contribution >= 4 is 11.7 Å². The van der Waals surface area contributed by atoms with Gasteiger partial charge in [-0.2, -0.15) is 0 Å². The Labute approximate surface area is 92.5 Å². The monoisotopic (exact) mass is 217 g/mol. The number of H-pyrrole nitrogens is 1. The van der Waals surface area contributed by atoms with Crippen LogP contribution in [-0.4, -0.2) is 23.0 Å². The van der Waals surface area contributed by atoms with Crippen molar-refractivity contribution in [2.24, 2.45) is 0 Å². The van der Waals surface area contributed by atoms with Crippen molar-refractivity contribution in [1.29, 1.82) is 0 Å². The standard InChI is InChI=1S/C11H11N3O2/c1-16-9-5-3-2-4-8(9)11(15)14-10-6-12-7-13-10/h2-7H,1H3,(H,12,13)(H,14,15). The molecule has 0 unspecified atom stereocenters. The second-order valence-corrected chi connectivity index (χ2v) is 3.12. The predicted molar refractivity (Wildman–Crippen MR) is 59.5 cm³/mol. The molecule has 2 N–H and O–H groups in total. The lowest BCUT2D eigenvalue weighted by Crippen LogP contribution is -2.13. The number of aromatic nitrogens is 2. The highest BCUT2D eigenvalue weighted by Crippen LogP contribution is 2.18. The summed E-state index contributed by atoms with van der Waals surface area (Å²) < 4.78 is 5.10. The minimum atomic E-state index is -0.235. The van der Waals surface area contributed by atoms with Crippen molar-refractivity contribution in [1.82, 2.24) is 9.97 Å². The lowest BCUT2D eigenvalue weighted by molar-refractivity contribution is 0.102. The van der Waals surface area contributed by atoms with Crippen LogP contribution in [0.1, 0.15) is 10.4 Å². The Balaban J connectivity index is 2.21. The van der Waals surface area contributed by atoms with Crippen LogP contribution >= 0.6 is 0 Å². The van der Waals surface area contributed by atoms with Crippen LogP contribution in [-0.2, 0) is 0 Å². The number of aromatic amines is 1. The SMILES string of the molecule is COc1ccccc1C(=O)Nc1cnc[nH]1. The molecule has 0 bridgehead atoms. The van der Waals surface area contributed by atoms with E-state index in [4.69, 9.17) is 4.74 Å². The van der Waals surface area contributed by atoms with Gasteiger partial charge in [-0.25, -0.2) is 4.98 Å². The first-order valence-corrected chi connectivity index (χ1v) is 4.74.